The molecule has 1 aromatic carbocycles. The SMILES string of the molecule is CC(NC(=O)c1oc2ccccc2c1CSC1CCCCC1)c1ccccn1. The van der Waals surface area contributed by atoms with Crippen molar-refractivity contribution in [3.8, 4) is 0 Å². The lowest BCUT2D eigenvalue weighted by Gasteiger charge is -2.21. The molecule has 0 saturated heterocycles. The third-order valence-corrected chi connectivity index (χ3v) is 6.80. The van der Waals surface area contributed by atoms with E-state index in [0.29, 0.717) is 11.0 Å². The molecule has 2 aromatic heterocycles. The summed E-state index contributed by atoms with van der Waals surface area (Å²) in [5.74, 6) is 1.07. The van der Waals surface area contributed by atoms with Crippen molar-refractivity contribution in [3.05, 3.63) is 65.7 Å². The van der Waals surface area contributed by atoms with Gasteiger partial charge in [0.15, 0.2) is 5.76 Å². The number of benzene rings is 1. The Morgan fingerprint density at radius 2 is 1.96 bits per heavy atom. The van der Waals surface area contributed by atoms with E-state index in [0.717, 1.165) is 28.0 Å². The zero-order valence-corrected chi connectivity index (χ0v) is 17.0. The Bertz CT molecular complexity index is 932. The number of furan rings is 1. The maximum Gasteiger partial charge on any atom is 0.287 e. The number of carbonyl (C=O) groups is 1. The van der Waals surface area contributed by atoms with E-state index < -0.39 is 0 Å². The normalized spacial score (nSPS) is 16.2. The number of nitrogens with zero attached hydrogens (tertiary/aromatic N) is 1. The molecule has 0 aliphatic heterocycles. The number of hydrogen-bond donors (Lipinski definition) is 1. The Morgan fingerprint density at radius 1 is 1.18 bits per heavy atom. The Labute approximate surface area is 170 Å². The Hall–Kier alpha value is -2.27. The van der Waals surface area contributed by atoms with Gasteiger partial charge in [-0.2, -0.15) is 11.8 Å². The van der Waals surface area contributed by atoms with E-state index in [9.17, 15) is 4.79 Å². The maximum atomic E-state index is 13.0. The third-order valence-electron chi connectivity index (χ3n) is 5.40. The van der Waals surface area contributed by atoms with E-state index in [2.05, 4.69) is 16.4 Å². The fourth-order valence-electron chi connectivity index (χ4n) is 3.83. The predicted octanol–water partition coefficient (Wildman–Crippen LogP) is 5.88. The average Bonchev–Trinajstić information content (AvgIpc) is 3.12. The minimum atomic E-state index is -0.180. The van der Waals surface area contributed by atoms with Crippen LogP contribution in [-0.2, 0) is 5.75 Å². The smallest absolute Gasteiger partial charge is 0.287 e. The Kier molecular flexibility index (Phi) is 6.01. The molecule has 0 bridgehead atoms. The molecule has 1 saturated carbocycles. The van der Waals surface area contributed by atoms with Gasteiger partial charge in [0.2, 0.25) is 0 Å². The van der Waals surface area contributed by atoms with E-state index in [4.69, 9.17) is 4.42 Å². The minimum absolute atomic E-state index is 0.173. The number of rotatable bonds is 6. The van der Waals surface area contributed by atoms with Crippen molar-refractivity contribution in [3.63, 3.8) is 0 Å². The van der Waals surface area contributed by atoms with Crippen LogP contribution in [0, 0.1) is 0 Å². The molecule has 1 N–H and O–H groups in total. The van der Waals surface area contributed by atoms with E-state index in [1.165, 1.54) is 32.1 Å². The Morgan fingerprint density at radius 3 is 2.75 bits per heavy atom. The summed E-state index contributed by atoms with van der Waals surface area (Å²) >= 11 is 1.96. The van der Waals surface area contributed by atoms with Gasteiger partial charge in [0.1, 0.15) is 5.58 Å². The molecule has 3 aromatic rings. The number of pyridine rings is 1. The van der Waals surface area contributed by atoms with Gasteiger partial charge in [-0.15, -0.1) is 0 Å². The highest BCUT2D eigenvalue weighted by Gasteiger charge is 2.24. The van der Waals surface area contributed by atoms with Gasteiger partial charge in [-0.25, -0.2) is 0 Å². The lowest BCUT2D eigenvalue weighted by atomic mass is 10.0. The standard InChI is InChI=1S/C23H26N2O2S/c1-16(20-12-7-8-14-24-20)25-23(26)22-19(15-28-17-9-3-2-4-10-17)18-11-5-6-13-21(18)27-22/h5-8,11-14,16-17H,2-4,9-10,15H2,1H3,(H,25,26). The van der Waals surface area contributed by atoms with Crippen LogP contribution in [0.3, 0.4) is 0 Å². The van der Waals surface area contributed by atoms with Gasteiger partial charge in [0.25, 0.3) is 5.91 Å². The quantitative estimate of drug-likeness (QED) is 0.567. The van der Waals surface area contributed by atoms with Crippen LogP contribution in [0.5, 0.6) is 0 Å². The van der Waals surface area contributed by atoms with Gasteiger partial charge in [-0.3, -0.25) is 9.78 Å². The van der Waals surface area contributed by atoms with Crippen molar-refractivity contribution in [2.24, 2.45) is 0 Å². The fourth-order valence-corrected chi connectivity index (χ4v) is 5.18. The van der Waals surface area contributed by atoms with Gasteiger partial charge in [0.05, 0.1) is 11.7 Å². The minimum Gasteiger partial charge on any atom is -0.451 e. The lowest BCUT2D eigenvalue weighted by Crippen LogP contribution is -2.27. The molecule has 4 nitrogen and oxygen atoms in total. The van der Waals surface area contributed by atoms with Crippen LogP contribution in [0.15, 0.2) is 53.1 Å². The summed E-state index contributed by atoms with van der Waals surface area (Å²) < 4.78 is 5.99. The third kappa shape index (κ3) is 4.25. The molecule has 1 fully saturated rings. The Balaban J connectivity index is 1.55. The van der Waals surface area contributed by atoms with E-state index in [1.807, 2.05) is 55.1 Å². The molecular weight excluding hydrogens is 368 g/mol. The fraction of sp³-hybridized carbons (Fsp3) is 0.391. The lowest BCUT2D eigenvalue weighted by molar-refractivity contribution is 0.0912. The molecule has 1 aliphatic carbocycles. The number of nitrogens with one attached hydrogen (secondary N) is 1. The number of hydrogen-bond acceptors (Lipinski definition) is 4. The van der Waals surface area contributed by atoms with Crippen LogP contribution in [0.25, 0.3) is 11.0 Å². The first-order valence-electron chi connectivity index (χ1n) is 10.1. The van der Waals surface area contributed by atoms with Crippen molar-refractivity contribution >= 4 is 28.6 Å². The molecule has 1 atom stereocenters. The molecule has 146 valence electrons. The van der Waals surface area contributed by atoms with E-state index in [1.54, 1.807) is 6.20 Å². The molecule has 0 radical (unpaired) electrons. The van der Waals surface area contributed by atoms with Gasteiger partial charge in [-0.1, -0.05) is 43.5 Å². The predicted molar refractivity (Wildman–Crippen MR) is 115 cm³/mol. The molecule has 1 aliphatic rings. The van der Waals surface area contributed by atoms with E-state index in [-0.39, 0.29) is 11.9 Å². The second-order valence-corrected chi connectivity index (χ2v) is 8.72. The van der Waals surface area contributed by atoms with Crippen molar-refractivity contribution in [2.75, 3.05) is 0 Å². The number of carbonyl (C=O) groups excluding carboxylic acids is 1. The van der Waals surface area contributed by atoms with Gasteiger partial charge in [0, 0.05) is 28.1 Å². The monoisotopic (exact) mass is 394 g/mol. The maximum absolute atomic E-state index is 13.0. The van der Waals surface area contributed by atoms with Crippen LogP contribution in [-0.4, -0.2) is 16.1 Å². The summed E-state index contributed by atoms with van der Waals surface area (Å²) in [4.78, 5) is 17.4. The van der Waals surface area contributed by atoms with Crippen LogP contribution in [0.1, 0.15) is 66.9 Å². The second-order valence-electron chi connectivity index (χ2n) is 7.43. The largest absolute Gasteiger partial charge is 0.451 e. The van der Waals surface area contributed by atoms with Crippen LogP contribution >= 0.6 is 11.8 Å². The summed E-state index contributed by atoms with van der Waals surface area (Å²) in [5, 5.41) is 4.78. The first-order chi connectivity index (χ1) is 13.7. The number of para-hydroxylation sites is 1. The number of fused-ring (bicyclic) bond motifs is 1. The topological polar surface area (TPSA) is 55.1 Å². The molecular formula is C23H26N2O2S. The highest BCUT2D eigenvalue weighted by Crippen LogP contribution is 2.35. The molecule has 2 heterocycles. The van der Waals surface area contributed by atoms with Gasteiger partial charge >= 0.3 is 0 Å². The average molecular weight is 395 g/mol. The highest BCUT2D eigenvalue weighted by atomic mass is 32.2. The van der Waals surface area contributed by atoms with Crippen molar-refractivity contribution in [1.29, 1.82) is 0 Å². The number of thioether (sulfide) groups is 1. The molecule has 4 rings (SSSR count). The second kappa shape index (κ2) is 8.82. The van der Waals surface area contributed by atoms with Crippen molar-refractivity contribution < 1.29 is 9.21 Å². The summed E-state index contributed by atoms with van der Waals surface area (Å²) in [6, 6.07) is 13.5. The number of amides is 1. The highest BCUT2D eigenvalue weighted by molar-refractivity contribution is 7.99. The summed E-state index contributed by atoms with van der Waals surface area (Å²) in [7, 11) is 0. The van der Waals surface area contributed by atoms with Crippen LogP contribution in [0.4, 0.5) is 0 Å². The first-order valence-corrected chi connectivity index (χ1v) is 11.1. The van der Waals surface area contributed by atoms with Gasteiger partial charge in [-0.05, 0) is 38.0 Å². The summed E-state index contributed by atoms with van der Waals surface area (Å²) in [5.41, 5.74) is 2.62. The van der Waals surface area contributed by atoms with Crippen molar-refractivity contribution in [1.82, 2.24) is 10.3 Å². The van der Waals surface area contributed by atoms with Crippen LogP contribution < -0.4 is 5.32 Å². The zero-order valence-electron chi connectivity index (χ0n) is 16.2. The molecule has 5 heteroatoms. The number of aromatic nitrogens is 1. The molecule has 28 heavy (non-hydrogen) atoms. The zero-order chi connectivity index (χ0) is 19.3. The van der Waals surface area contributed by atoms with E-state index >= 15 is 0 Å². The summed E-state index contributed by atoms with van der Waals surface area (Å²) in [6.07, 6.45) is 8.28. The van der Waals surface area contributed by atoms with Crippen LogP contribution in [0.2, 0.25) is 0 Å². The molecule has 0 spiro atoms. The van der Waals surface area contributed by atoms with Crippen molar-refractivity contribution in [2.45, 2.75) is 56.1 Å². The summed E-state index contributed by atoms with van der Waals surface area (Å²) in [6.45, 7) is 1.94. The first kappa shape index (κ1) is 19.1. The molecule has 1 amide bonds. The molecule has 1 unspecified atom stereocenters. The van der Waals surface area contributed by atoms with Gasteiger partial charge < -0.3 is 9.73 Å².